The fourth-order valence-corrected chi connectivity index (χ4v) is 3.80. The Kier molecular flexibility index (Phi) is 4.20. The van der Waals surface area contributed by atoms with Crippen LogP contribution in [-0.2, 0) is 0 Å². The maximum absolute atomic E-state index is 8.90. The lowest BCUT2D eigenvalue weighted by Crippen LogP contribution is -1.93. The SMILES string of the molecule is N#Cc1ccc(C=Cc2ccc(-n3c4ccccc4c4ccccc43)cc2)cc1. The first kappa shape index (κ1) is 17.0. The lowest BCUT2D eigenvalue weighted by molar-refractivity contribution is 1.18. The summed E-state index contributed by atoms with van der Waals surface area (Å²) in [6, 6.07) is 35.4. The number of nitriles is 1. The fourth-order valence-electron chi connectivity index (χ4n) is 3.80. The summed E-state index contributed by atoms with van der Waals surface area (Å²) in [4.78, 5) is 0. The molecule has 136 valence electrons. The van der Waals surface area contributed by atoms with Gasteiger partial charge in [-0.25, -0.2) is 0 Å². The van der Waals surface area contributed by atoms with Gasteiger partial charge in [-0.05, 0) is 47.5 Å². The summed E-state index contributed by atoms with van der Waals surface area (Å²) >= 11 is 0. The molecule has 0 bridgehead atoms. The molecular formula is C27H18N2. The highest BCUT2D eigenvalue weighted by atomic mass is 15.0. The maximum atomic E-state index is 8.90. The van der Waals surface area contributed by atoms with E-state index < -0.39 is 0 Å². The van der Waals surface area contributed by atoms with Gasteiger partial charge >= 0.3 is 0 Å². The number of rotatable bonds is 3. The molecule has 29 heavy (non-hydrogen) atoms. The minimum absolute atomic E-state index is 0.678. The summed E-state index contributed by atoms with van der Waals surface area (Å²) in [5, 5.41) is 11.4. The molecule has 5 rings (SSSR count). The van der Waals surface area contributed by atoms with Gasteiger partial charge in [-0.2, -0.15) is 5.26 Å². The molecule has 0 unspecified atom stereocenters. The first-order valence-electron chi connectivity index (χ1n) is 9.60. The van der Waals surface area contributed by atoms with Gasteiger partial charge < -0.3 is 4.57 Å². The molecule has 1 heterocycles. The molecule has 0 amide bonds. The van der Waals surface area contributed by atoms with Crippen LogP contribution in [0.5, 0.6) is 0 Å². The second-order valence-corrected chi connectivity index (χ2v) is 7.03. The van der Waals surface area contributed by atoms with Crippen molar-refractivity contribution in [3.8, 4) is 11.8 Å². The van der Waals surface area contributed by atoms with Gasteiger partial charge in [0.25, 0.3) is 0 Å². The van der Waals surface area contributed by atoms with E-state index in [0.29, 0.717) is 5.56 Å². The highest BCUT2D eigenvalue weighted by Crippen LogP contribution is 2.31. The molecule has 0 aliphatic carbocycles. The highest BCUT2D eigenvalue weighted by molar-refractivity contribution is 6.09. The largest absolute Gasteiger partial charge is 0.309 e. The average Bonchev–Trinajstić information content (AvgIpc) is 3.13. The molecule has 0 saturated heterocycles. The third-order valence-electron chi connectivity index (χ3n) is 5.24. The maximum Gasteiger partial charge on any atom is 0.0991 e. The Morgan fingerprint density at radius 2 is 1.07 bits per heavy atom. The van der Waals surface area contributed by atoms with Crippen molar-refractivity contribution in [3.63, 3.8) is 0 Å². The first-order valence-corrected chi connectivity index (χ1v) is 9.60. The zero-order chi connectivity index (χ0) is 19.6. The van der Waals surface area contributed by atoms with Crippen molar-refractivity contribution in [2.45, 2.75) is 0 Å². The van der Waals surface area contributed by atoms with Crippen LogP contribution in [0.1, 0.15) is 16.7 Å². The van der Waals surface area contributed by atoms with Crippen LogP contribution < -0.4 is 0 Å². The average molecular weight is 370 g/mol. The number of hydrogen-bond acceptors (Lipinski definition) is 1. The third kappa shape index (κ3) is 3.09. The number of fused-ring (bicyclic) bond motifs is 3. The van der Waals surface area contributed by atoms with Gasteiger partial charge in [-0.1, -0.05) is 72.8 Å². The van der Waals surface area contributed by atoms with Gasteiger partial charge in [-0.15, -0.1) is 0 Å². The van der Waals surface area contributed by atoms with E-state index in [1.807, 2.05) is 24.3 Å². The molecule has 5 aromatic rings. The number of hydrogen-bond donors (Lipinski definition) is 0. The van der Waals surface area contributed by atoms with Gasteiger partial charge in [-0.3, -0.25) is 0 Å². The van der Waals surface area contributed by atoms with Crippen LogP contribution in [0.4, 0.5) is 0 Å². The molecule has 0 fully saturated rings. The summed E-state index contributed by atoms with van der Waals surface area (Å²) in [5.74, 6) is 0. The molecule has 0 aliphatic rings. The van der Waals surface area contributed by atoms with Crippen molar-refractivity contribution in [2.24, 2.45) is 0 Å². The second kappa shape index (κ2) is 7.14. The van der Waals surface area contributed by atoms with Crippen LogP contribution in [0.3, 0.4) is 0 Å². The van der Waals surface area contributed by atoms with E-state index in [0.717, 1.165) is 16.8 Å². The first-order chi connectivity index (χ1) is 14.3. The molecule has 0 saturated carbocycles. The van der Waals surface area contributed by atoms with Gasteiger partial charge in [0.05, 0.1) is 22.7 Å². The molecule has 2 heteroatoms. The van der Waals surface area contributed by atoms with Crippen LogP contribution in [-0.4, -0.2) is 4.57 Å². The Balaban J connectivity index is 1.52. The van der Waals surface area contributed by atoms with E-state index in [1.165, 1.54) is 21.8 Å². The Morgan fingerprint density at radius 3 is 1.59 bits per heavy atom. The summed E-state index contributed by atoms with van der Waals surface area (Å²) < 4.78 is 2.32. The van der Waals surface area contributed by atoms with Crippen LogP contribution in [0.2, 0.25) is 0 Å². The predicted molar refractivity (Wildman–Crippen MR) is 121 cm³/mol. The normalized spacial score (nSPS) is 11.3. The molecular weight excluding hydrogens is 352 g/mol. The molecule has 0 aliphatic heterocycles. The van der Waals surface area contributed by atoms with Crippen LogP contribution in [0.15, 0.2) is 97.1 Å². The van der Waals surface area contributed by atoms with Crippen molar-refractivity contribution in [1.82, 2.24) is 4.57 Å². The Morgan fingerprint density at radius 1 is 0.586 bits per heavy atom. The Bertz CT molecular complexity index is 1330. The second-order valence-electron chi connectivity index (χ2n) is 7.03. The molecule has 2 nitrogen and oxygen atoms in total. The van der Waals surface area contributed by atoms with Crippen molar-refractivity contribution in [3.05, 3.63) is 114 Å². The highest BCUT2D eigenvalue weighted by Gasteiger charge is 2.10. The molecule has 0 radical (unpaired) electrons. The summed E-state index contributed by atoms with van der Waals surface area (Å²) in [6.45, 7) is 0. The van der Waals surface area contributed by atoms with Crippen LogP contribution >= 0.6 is 0 Å². The molecule has 0 spiro atoms. The number of para-hydroxylation sites is 2. The van der Waals surface area contributed by atoms with E-state index in [-0.39, 0.29) is 0 Å². The van der Waals surface area contributed by atoms with Gasteiger partial charge in [0.15, 0.2) is 0 Å². The van der Waals surface area contributed by atoms with Crippen LogP contribution in [0.25, 0.3) is 39.6 Å². The topological polar surface area (TPSA) is 28.7 Å². The van der Waals surface area contributed by atoms with E-state index >= 15 is 0 Å². The molecule has 1 aromatic heterocycles. The number of nitrogens with zero attached hydrogens (tertiary/aromatic N) is 2. The smallest absolute Gasteiger partial charge is 0.0991 e. The molecule has 0 N–H and O–H groups in total. The lowest BCUT2D eigenvalue weighted by atomic mass is 10.1. The summed E-state index contributed by atoms with van der Waals surface area (Å²) in [6.07, 6.45) is 4.16. The van der Waals surface area contributed by atoms with Crippen molar-refractivity contribution in [2.75, 3.05) is 0 Å². The number of aromatic nitrogens is 1. The van der Waals surface area contributed by atoms with Gasteiger partial charge in [0, 0.05) is 16.5 Å². The minimum Gasteiger partial charge on any atom is -0.309 e. The predicted octanol–water partition coefficient (Wildman–Crippen LogP) is 6.83. The number of benzene rings is 4. The van der Waals surface area contributed by atoms with E-state index in [4.69, 9.17) is 5.26 Å². The zero-order valence-electron chi connectivity index (χ0n) is 15.8. The monoisotopic (exact) mass is 370 g/mol. The van der Waals surface area contributed by atoms with E-state index in [1.54, 1.807) is 0 Å². The van der Waals surface area contributed by atoms with E-state index in [9.17, 15) is 0 Å². The van der Waals surface area contributed by atoms with Crippen molar-refractivity contribution >= 4 is 34.0 Å². The quantitative estimate of drug-likeness (QED) is 0.320. The van der Waals surface area contributed by atoms with Gasteiger partial charge in [0.1, 0.15) is 0 Å². The summed E-state index contributed by atoms with van der Waals surface area (Å²) in [7, 11) is 0. The van der Waals surface area contributed by atoms with Crippen molar-refractivity contribution < 1.29 is 0 Å². The Labute approximate surface area is 169 Å². The zero-order valence-corrected chi connectivity index (χ0v) is 15.8. The third-order valence-corrected chi connectivity index (χ3v) is 5.24. The molecule has 4 aromatic carbocycles. The fraction of sp³-hybridized carbons (Fsp3) is 0. The Hall–Kier alpha value is -4.09. The molecule has 0 atom stereocenters. The lowest BCUT2D eigenvalue weighted by Gasteiger charge is -2.08. The van der Waals surface area contributed by atoms with Crippen LogP contribution in [0, 0.1) is 11.3 Å². The summed E-state index contributed by atoms with van der Waals surface area (Å²) in [5.41, 5.74) is 6.48. The van der Waals surface area contributed by atoms with E-state index in [2.05, 4.69) is 95.6 Å². The van der Waals surface area contributed by atoms with Gasteiger partial charge in [0.2, 0.25) is 0 Å². The standard InChI is InChI=1S/C27H18N2/c28-19-22-13-11-20(12-14-22)9-10-21-15-17-23(18-16-21)29-26-7-3-1-5-24(26)25-6-2-4-8-27(25)29/h1-18H. The minimum atomic E-state index is 0.678. The van der Waals surface area contributed by atoms with Crippen molar-refractivity contribution in [1.29, 1.82) is 5.26 Å².